The summed E-state index contributed by atoms with van der Waals surface area (Å²) in [4.78, 5) is 13.5. The third-order valence-electron chi connectivity index (χ3n) is 3.94. The van der Waals surface area contributed by atoms with Gasteiger partial charge >= 0.3 is 6.18 Å². The van der Waals surface area contributed by atoms with Gasteiger partial charge in [-0.25, -0.2) is 9.97 Å². The normalized spacial score (nSPS) is 18.8. The Morgan fingerprint density at radius 2 is 1.88 bits per heavy atom. The van der Waals surface area contributed by atoms with Crippen LogP contribution < -0.4 is 10.2 Å². The largest absolute Gasteiger partial charge is 0.451 e. The molecule has 0 bridgehead atoms. The highest BCUT2D eigenvalue weighted by atomic mass is 19.4. The van der Waals surface area contributed by atoms with E-state index in [1.807, 2.05) is 4.90 Å². The predicted octanol–water partition coefficient (Wildman–Crippen LogP) is 3.36. The average Bonchev–Trinajstić information content (AvgIpc) is 2.54. The van der Waals surface area contributed by atoms with Crippen molar-refractivity contribution < 1.29 is 13.2 Å². The number of anilines is 1. The highest BCUT2D eigenvalue weighted by molar-refractivity contribution is 5.87. The molecule has 1 fully saturated rings. The summed E-state index contributed by atoms with van der Waals surface area (Å²) in [6.45, 7) is 6.85. The lowest BCUT2D eigenvalue weighted by Gasteiger charge is -2.28. The number of hydrogen-bond donors (Lipinski definition) is 1. The Morgan fingerprint density at radius 3 is 2.50 bits per heavy atom. The SMILES string of the molecule is C=C1C=NC(c2cc(N3CCCCC3)nc(C(F)(F)F)n2)=C(C)N1. The minimum atomic E-state index is -4.61. The first-order valence-electron chi connectivity index (χ1n) is 7.77. The fraction of sp³-hybridized carbons (Fsp3) is 0.438. The van der Waals surface area contributed by atoms with E-state index in [4.69, 9.17) is 0 Å². The smallest absolute Gasteiger partial charge is 0.357 e. The lowest BCUT2D eigenvalue weighted by molar-refractivity contribution is -0.144. The lowest BCUT2D eigenvalue weighted by atomic mass is 10.1. The van der Waals surface area contributed by atoms with Crippen LogP contribution in [0.1, 0.15) is 37.7 Å². The van der Waals surface area contributed by atoms with Crippen molar-refractivity contribution in [3.05, 3.63) is 35.6 Å². The fourth-order valence-electron chi connectivity index (χ4n) is 2.80. The molecule has 1 aromatic rings. The van der Waals surface area contributed by atoms with Crippen molar-refractivity contribution in [3.63, 3.8) is 0 Å². The fourth-order valence-corrected chi connectivity index (χ4v) is 2.80. The summed E-state index contributed by atoms with van der Waals surface area (Å²) in [7, 11) is 0. The van der Waals surface area contributed by atoms with Crippen molar-refractivity contribution in [2.24, 2.45) is 4.99 Å². The number of hydrogen-bond acceptors (Lipinski definition) is 5. The van der Waals surface area contributed by atoms with Gasteiger partial charge in [-0.3, -0.25) is 4.99 Å². The molecule has 0 aliphatic carbocycles. The lowest BCUT2D eigenvalue weighted by Crippen LogP contribution is -2.31. The maximum absolute atomic E-state index is 13.2. The summed E-state index contributed by atoms with van der Waals surface area (Å²) in [6.07, 6.45) is -0.159. The molecule has 2 aliphatic heterocycles. The highest BCUT2D eigenvalue weighted by Gasteiger charge is 2.36. The molecule has 3 heterocycles. The second-order valence-corrected chi connectivity index (χ2v) is 5.86. The Morgan fingerprint density at radius 1 is 1.17 bits per heavy atom. The van der Waals surface area contributed by atoms with Gasteiger partial charge in [0.05, 0.1) is 11.9 Å². The van der Waals surface area contributed by atoms with E-state index in [-0.39, 0.29) is 5.69 Å². The summed E-state index contributed by atoms with van der Waals surface area (Å²) < 4.78 is 39.6. The van der Waals surface area contributed by atoms with E-state index in [0.29, 0.717) is 36.0 Å². The molecule has 1 saturated heterocycles. The number of alkyl halides is 3. The molecule has 128 valence electrons. The molecule has 0 amide bonds. The monoisotopic (exact) mass is 337 g/mol. The number of allylic oxidation sites excluding steroid dienone is 2. The number of nitrogens with one attached hydrogen (secondary N) is 1. The molecule has 0 atom stereocenters. The van der Waals surface area contributed by atoms with Crippen LogP contribution in [0.3, 0.4) is 0 Å². The highest BCUT2D eigenvalue weighted by Crippen LogP contribution is 2.31. The van der Waals surface area contributed by atoms with E-state index < -0.39 is 12.0 Å². The van der Waals surface area contributed by atoms with Crippen LogP contribution in [0.4, 0.5) is 19.0 Å². The van der Waals surface area contributed by atoms with Gasteiger partial charge < -0.3 is 10.2 Å². The van der Waals surface area contributed by atoms with Crippen molar-refractivity contribution in [2.75, 3.05) is 18.0 Å². The minimum absolute atomic E-state index is 0.159. The van der Waals surface area contributed by atoms with Gasteiger partial charge in [-0.2, -0.15) is 13.2 Å². The van der Waals surface area contributed by atoms with E-state index in [9.17, 15) is 13.2 Å². The molecule has 0 saturated carbocycles. The van der Waals surface area contributed by atoms with E-state index in [2.05, 4.69) is 26.9 Å². The minimum Gasteiger partial charge on any atom is -0.357 e. The first kappa shape index (κ1) is 16.5. The predicted molar refractivity (Wildman–Crippen MR) is 86.5 cm³/mol. The van der Waals surface area contributed by atoms with E-state index >= 15 is 0 Å². The average molecular weight is 337 g/mol. The quantitative estimate of drug-likeness (QED) is 0.899. The van der Waals surface area contributed by atoms with Gasteiger partial charge in [0.25, 0.3) is 0 Å². The van der Waals surface area contributed by atoms with Gasteiger partial charge in [0, 0.05) is 30.5 Å². The molecule has 0 radical (unpaired) electrons. The molecule has 5 nitrogen and oxygen atoms in total. The van der Waals surface area contributed by atoms with Gasteiger partial charge in [0.1, 0.15) is 11.5 Å². The first-order chi connectivity index (χ1) is 11.3. The molecule has 0 spiro atoms. The molecule has 2 aliphatic rings. The first-order valence-corrected chi connectivity index (χ1v) is 7.77. The van der Waals surface area contributed by atoms with E-state index in [0.717, 1.165) is 19.3 Å². The summed E-state index contributed by atoms with van der Waals surface area (Å²) in [5.41, 5.74) is 1.72. The molecular weight excluding hydrogens is 319 g/mol. The Bertz CT molecular complexity index is 715. The molecule has 8 heteroatoms. The summed E-state index contributed by atoms with van der Waals surface area (Å²) >= 11 is 0. The number of aromatic nitrogens is 2. The van der Waals surface area contributed by atoms with Gasteiger partial charge in [0.2, 0.25) is 5.82 Å². The van der Waals surface area contributed by atoms with Crippen LogP contribution in [0.25, 0.3) is 5.70 Å². The summed E-state index contributed by atoms with van der Waals surface area (Å²) in [5, 5.41) is 2.97. The Labute approximate surface area is 138 Å². The van der Waals surface area contributed by atoms with Crippen LogP contribution in [0.2, 0.25) is 0 Å². The van der Waals surface area contributed by atoms with Crippen molar-refractivity contribution >= 4 is 17.7 Å². The van der Waals surface area contributed by atoms with Gasteiger partial charge in [-0.15, -0.1) is 0 Å². The number of piperidine rings is 1. The van der Waals surface area contributed by atoms with Gasteiger partial charge in [0.15, 0.2) is 0 Å². The number of rotatable bonds is 2. The Kier molecular flexibility index (Phi) is 4.29. The zero-order chi connectivity index (χ0) is 17.3. The third-order valence-corrected chi connectivity index (χ3v) is 3.94. The zero-order valence-electron chi connectivity index (χ0n) is 13.3. The number of nitrogens with zero attached hydrogens (tertiary/aromatic N) is 4. The summed E-state index contributed by atoms with van der Waals surface area (Å²) in [6, 6.07) is 1.58. The van der Waals surface area contributed by atoms with Crippen molar-refractivity contribution in [2.45, 2.75) is 32.4 Å². The Hall–Kier alpha value is -2.38. The molecule has 1 aromatic heterocycles. The molecule has 24 heavy (non-hydrogen) atoms. The van der Waals surface area contributed by atoms with Crippen LogP contribution >= 0.6 is 0 Å². The van der Waals surface area contributed by atoms with Gasteiger partial charge in [-0.05, 0) is 26.2 Å². The maximum Gasteiger partial charge on any atom is 0.451 e. The standard InChI is InChI=1S/C16H18F3N5/c1-10-9-20-14(11(2)21-10)12-8-13(24-6-4-3-5-7-24)23-15(22-12)16(17,18)19/h8-9,21H,1,3-7H2,2H3. The number of aliphatic imine (C=N–C) groups is 1. The molecule has 0 aromatic carbocycles. The molecule has 3 rings (SSSR count). The second-order valence-electron chi connectivity index (χ2n) is 5.86. The Balaban J connectivity index is 2.07. The molecule has 1 N–H and O–H groups in total. The van der Waals surface area contributed by atoms with E-state index in [1.54, 1.807) is 13.0 Å². The van der Waals surface area contributed by atoms with Gasteiger partial charge in [-0.1, -0.05) is 6.58 Å². The third kappa shape index (κ3) is 3.42. The molecular formula is C16H18F3N5. The van der Waals surface area contributed by atoms with Crippen LogP contribution in [-0.2, 0) is 6.18 Å². The number of halogens is 3. The van der Waals surface area contributed by atoms with Crippen molar-refractivity contribution in [1.82, 2.24) is 15.3 Å². The second kappa shape index (κ2) is 6.26. The van der Waals surface area contributed by atoms with Crippen LogP contribution in [-0.4, -0.2) is 29.3 Å². The maximum atomic E-state index is 13.2. The van der Waals surface area contributed by atoms with Crippen LogP contribution in [0.15, 0.2) is 29.0 Å². The molecule has 0 unspecified atom stereocenters. The topological polar surface area (TPSA) is 53.4 Å². The summed E-state index contributed by atoms with van der Waals surface area (Å²) in [5.74, 6) is -0.840. The van der Waals surface area contributed by atoms with Crippen molar-refractivity contribution in [3.8, 4) is 0 Å². The van der Waals surface area contributed by atoms with Crippen molar-refractivity contribution in [1.29, 1.82) is 0 Å². The zero-order valence-corrected chi connectivity index (χ0v) is 13.3. The van der Waals surface area contributed by atoms with Crippen LogP contribution in [0.5, 0.6) is 0 Å². The van der Waals surface area contributed by atoms with Crippen LogP contribution in [0, 0.1) is 0 Å². The van der Waals surface area contributed by atoms with E-state index in [1.165, 1.54) is 6.21 Å².